The molecular weight excluding hydrogens is 142 g/mol. The Labute approximate surface area is 68.1 Å². The van der Waals surface area contributed by atoms with Crippen molar-refractivity contribution in [2.24, 2.45) is 5.92 Å². The lowest BCUT2D eigenvalue weighted by molar-refractivity contribution is 0.535. The first-order valence-electron chi connectivity index (χ1n) is 4.22. The summed E-state index contributed by atoms with van der Waals surface area (Å²) in [4.78, 5) is 0. The van der Waals surface area contributed by atoms with Crippen LogP contribution < -0.4 is 4.72 Å². The number of hydrogen-bond acceptors (Lipinski definition) is 2. The van der Waals surface area contributed by atoms with Crippen LogP contribution in [0.5, 0.6) is 0 Å². The van der Waals surface area contributed by atoms with Crippen molar-refractivity contribution < 1.29 is 0 Å². The molecule has 1 rings (SSSR count). The van der Waals surface area contributed by atoms with Gasteiger partial charge in [0, 0.05) is 5.75 Å². The van der Waals surface area contributed by atoms with Gasteiger partial charge >= 0.3 is 0 Å². The molecule has 1 fully saturated rings. The van der Waals surface area contributed by atoms with Crippen molar-refractivity contribution in [3.8, 4) is 0 Å². The predicted molar refractivity (Wildman–Crippen MR) is 48.1 cm³/mol. The number of rotatable bonds is 4. The molecule has 1 aliphatic carbocycles. The van der Waals surface area contributed by atoms with E-state index in [1.165, 1.54) is 37.9 Å². The van der Waals surface area contributed by atoms with Crippen molar-refractivity contribution in [3.63, 3.8) is 0 Å². The van der Waals surface area contributed by atoms with Crippen LogP contribution in [0.2, 0.25) is 0 Å². The third-order valence-electron chi connectivity index (χ3n) is 2.25. The molecule has 0 atom stereocenters. The second-order valence-electron chi connectivity index (χ2n) is 2.99. The summed E-state index contributed by atoms with van der Waals surface area (Å²) in [6, 6.07) is 0. The molecule has 0 aromatic carbocycles. The Morgan fingerprint density at radius 1 is 1.40 bits per heavy atom. The van der Waals surface area contributed by atoms with Crippen molar-refractivity contribution >= 4 is 11.9 Å². The average molecular weight is 159 g/mol. The number of hydrogen-bond donors (Lipinski definition) is 1. The van der Waals surface area contributed by atoms with Crippen LogP contribution in [-0.2, 0) is 0 Å². The average Bonchev–Trinajstić information content (AvgIpc) is 2.41. The Bertz CT molecular complexity index is 79.3. The maximum atomic E-state index is 3.11. The molecule has 0 radical (unpaired) electrons. The number of nitrogens with one attached hydrogen (secondary N) is 1. The van der Waals surface area contributed by atoms with E-state index in [2.05, 4.69) is 4.72 Å². The molecule has 0 bridgehead atoms. The molecular formula is C8H17NS. The van der Waals surface area contributed by atoms with Gasteiger partial charge in [0.25, 0.3) is 0 Å². The van der Waals surface area contributed by atoms with E-state index < -0.39 is 0 Å². The Balaban J connectivity index is 1.91. The molecule has 0 aromatic heterocycles. The first-order valence-corrected chi connectivity index (χ1v) is 5.20. The van der Waals surface area contributed by atoms with Crippen LogP contribution in [0, 0.1) is 5.92 Å². The summed E-state index contributed by atoms with van der Waals surface area (Å²) in [6.45, 7) is 0. The normalized spacial score (nSPS) is 20.1. The zero-order chi connectivity index (χ0) is 7.23. The summed E-state index contributed by atoms with van der Waals surface area (Å²) in [6.07, 6.45) is 7.36. The van der Waals surface area contributed by atoms with E-state index >= 15 is 0 Å². The molecule has 0 spiro atoms. The second kappa shape index (κ2) is 5.03. The standard InChI is InChI=1S/C8H17NS/c1-9-10-7-6-8-4-2-3-5-8/h8-9H,2-7H2,1H3. The lowest BCUT2D eigenvalue weighted by Gasteiger charge is -2.06. The maximum absolute atomic E-state index is 3.11. The van der Waals surface area contributed by atoms with Gasteiger partial charge in [-0.15, -0.1) is 0 Å². The molecule has 2 heteroatoms. The van der Waals surface area contributed by atoms with E-state index in [1.807, 2.05) is 19.0 Å². The van der Waals surface area contributed by atoms with Crippen LogP contribution in [0.15, 0.2) is 0 Å². The Hall–Kier alpha value is 0.310. The van der Waals surface area contributed by atoms with Gasteiger partial charge in [-0.3, -0.25) is 4.72 Å². The van der Waals surface area contributed by atoms with Crippen molar-refractivity contribution in [1.82, 2.24) is 4.72 Å². The highest BCUT2D eigenvalue weighted by molar-refractivity contribution is 7.97. The Morgan fingerprint density at radius 3 is 2.70 bits per heavy atom. The summed E-state index contributed by atoms with van der Waals surface area (Å²) in [5.74, 6) is 2.35. The van der Waals surface area contributed by atoms with Gasteiger partial charge in [0.05, 0.1) is 0 Å². The SMILES string of the molecule is CNSCCC1CCCC1. The van der Waals surface area contributed by atoms with Crippen LogP contribution in [0.1, 0.15) is 32.1 Å². The molecule has 1 aliphatic rings. The van der Waals surface area contributed by atoms with Gasteiger partial charge in [0.2, 0.25) is 0 Å². The lowest BCUT2D eigenvalue weighted by Crippen LogP contribution is -1.99. The van der Waals surface area contributed by atoms with Crippen molar-refractivity contribution in [3.05, 3.63) is 0 Å². The fourth-order valence-corrected chi connectivity index (χ4v) is 2.28. The first-order chi connectivity index (χ1) is 4.93. The third kappa shape index (κ3) is 2.93. The minimum atomic E-state index is 1.06. The van der Waals surface area contributed by atoms with E-state index in [4.69, 9.17) is 0 Å². The highest BCUT2D eigenvalue weighted by atomic mass is 32.2. The van der Waals surface area contributed by atoms with Crippen molar-refractivity contribution in [2.45, 2.75) is 32.1 Å². The lowest BCUT2D eigenvalue weighted by atomic mass is 10.1. The van der Waals surface area contributed by atoms with E-state index in [0.29, 0.717) is 0 Å². The molecule has 0 aromatic rings. The van der Waals surface area contributed by atoms with Crippen molar-refractivity contribution in [1.29, 1.82) is 0 Å². The molecule has 0 amide bonds. The fraction of sp³-hybridized carbons (Fsp3) is 1.00. The van der Waals surface area contributed by atoms with Gasteiger partial charge in [-0.1, -0.05) is 37.6 Å². The minimum absolute atomic E-state index is 1.06. The first kappa shape index (κ1) is 8.41. The van der Waals surface area contributed by atoms with Crippen LogP contribution in [0.25, 0.3) is 0 Å². The molecule has 60 valence electrons. The molecule has 0 heterocycles. The highest BCUT2D eigenvalue weighted by Crippen LogP contribution is 2.28. The van der Waals surface area contributed by atoms with Gasteiger partial charge in [-0.2, -0.15) is 0 Å². The minimum Gasteiger partial charge on any atom is -0.267 e. The summed E-state index contributed by atoms with van der Waals surface area (Å²) < 4.78 is 3.11. The Kier molecular flexibility index (Phi) is 4.23. The third-order valence-corrected chi connectivity index (χ3v) is 2.98. The topological polar surface area (TPSA) is 12.0 Å². The molecule has 0 saturated heterocycles. The van der Waals surface area contributed by atoms with Crippen LogP contribution in [0.4, 0.5) is 0 Å². The van der Waals surface area contributed by atoms with Crippen LogP contribution >= 0.6 is 11.9 Å². The zero-order valence-corrected chi connectivity index (χ0v) is 7.54. The monoisotopic (exact) mass is 159 g/mol. The summed E-state index contributed by atoms with van der Waals surface area (Å²) >= 11 is 1.84. The molecule has 1 nitrogen and oxygen atoms in total. The fourth-order valence-electron chi connectivity index (χ4n) is 1.63. The maximum Gasteiger partial charge on any atom is 0.00811 e. The Morgan fingerprint density at radius 2 is 2.10 bits per heavy atom. The quantitative estimate of drug-likeness (QED) is 0.499. The highest BCUT2D eigenvalue weighted by Gasteiger charge is 2.13. The van der Waals surface area contributed by atoms with E-state index in [9.17, 15) is 0 Å². The summed E-state index contributed by atoms with van der Waals surface area (Å²) in [7, 11) is 2.00. The zero-order valence-electron chi connectivity index (χ0n) is 6.73. The second-order valence-corrected chi connectivity index (χ2v) is 4.10. The van der Waals surface area contributed by atoms with Gasteiger partial charge in [0.15, 0.2) is 0 Å². The van der Waals surface area contributed by atoms with Gasteiger partial charge in [0.1, 0.15) is 0 Å². The van der Waals surface area contributed by atoms with E-state index in [0.717, 1.165) is 5.92 Å². The molecule has 1 N–H and O–H groups in total. The van der Waals surface area contributed by atoms with Crippen LogP contribution in [0.3, 0.4) is 0 Å². The summed E-state index contributed by atoms with van der Waals surface area (Å²) in [5.41, 5.74) is 0. The van der Waals surface area contributed by atoms with Crippen LogP contribution in [-0.4, -0.2) is 12.8 Å². The molecule has 0 unspecified atom stereocenters. The van der Waals surface area contributed by atoms with E-state index in [-0.39, 0.29) is 0 Å². The molecule has 1 saturated carbocycles. The predicted octanol–water partition coefficient (Wildman–Crippen LogP) is 2.43. The molecule has 10 heavy (non-hydrogen) atoms. The molecule has 0 aliphatic heterocycles. The van der Waals surface area contributed by atoms with Gasteiger partial charge in [-0.25, -0.2) is 0 Å². The summed E-state index contributed by atoms with van der Waals surface area (Å²) in [5, 5.41) is 0. The van der Waals surface area contributed by atoms with Gasteiger partial charge in [-0.05, 0) is 19.4 Å². The smallest absolute Gasteiger partial charge is 0.00811 e. The van der Waals surface area contributed by atoms with Gasteiger partial charge < -0.3 is 0 Å². The largest absolute Gasteiger partial charge is 0.267 e. The van der Waals surface area contributed by atoms with E-state index in [1.54, 1.807) is 0 Å². The van der Waals surface area contributed by atoms with Crippen molar-refractivity contribution in [2.75, 3.05) is 12.8 Å².